The minimum absolute atomic E-state index is 0.0531. The lowest BCUT2D eigenvalue weighted by molar-refractivity contribution is -0.274. The molecular weight excluding hydrogens is 391 g/mol. The fraction of sp³-hybridized carbons (Fsp3) is 0.438. The lowest BCUT2D eigenvalue weighted by Crippen LogP contribution is -2.24. The van der Waals surface area contributed by atoms with Crippen LogP contribution in [-0.2, 0) is 0 Å². The molecular formula is C16H15ClF3N3O4. The first-order chi connectivity index (χ1) is 12.7. The SMILES string of the molecule is O=C(O)c1[nH]nnc1OC1CCC(c2ccc(OC(F)(F)F)c(Cl)c2)CC1. The highest BCUT2D eigenvalue weighted by molar-refractivity contribution is 6.32. The van der Waals surface area contributed by atoms with E-state index in [0.29, 0.717) is 25.7 Å². The summed E-state index contributed by atoms with van der Waals surface area (Å²) in [5.41, 5.74) is 0.616. The van der Waals surface area contributed by atoms with Crippen molar-refractivity contribution in [3.63, 3.8) is 0 Å². The summed E-state index contributed by atoms with van der Waals surface area (Å²) in [5.74, 6) is -1.59. The summed E-state index contributed by atoms with van der Waals surface area (Å²) in [7, 11) is 0. The number of carboxylic acids is 1. The van der Waals surface area contributed by atoms with Crippen molar-refractivity contribution >= 4 is 17.6 Å². The molecule has 0 aliphatic heterocycles. The number of hydrogen-bond acceptors (Lipinski definition) is 5. The van der Waals surface area contributed by atoms with Gasteiger partial charge in [0.15, 0.2) is 0 Å². The normalized spacial score (nSPS) is 20.3. The molecule has 2 N–H and O–H groups in total. The molecule has 1 aliphatic rings. The minimum atomic E-state index is -4.80. The molecule has 0 spiro atoms. The van der Waals surface area contributed by atoms with Gasteiger partial charge in [0.05, 0.1) is 5.02 Å². The maximum absolute atomic E-state index is 12.3. The van der Waals surface area contributed by atoms with Crippen molar-refractivity contribution in [3.8, 4) is 11.6 Å². The van der Waals surface area contributed by atoms with Gasteiger partial charge in [0.25, 0.3) is 5.88 Å². The van der Waals surface area contributed by atoms with Crippen LogP contribution < -0.4 is 9.47 Å². The highest BCUT2D eigenvalue weighted by Crippen LogP contribution is 2.38. The van der Waals surface area contributed by atoms with Gasteiger partial charge in [-0.1, -0.05) is 28.0 Å². The van der Waals surface area contributed by atoms with Crippen molar-refractivity contribution in [2.45, 2.75) is 44.1 Å². The van der Waals surface area contributed by atoms with Crippen molar-refractivity contribution < 1.29 is 32.5 Å². The zero-order valence-electron chi connectivity index (χ0n) is 13.8. The van der Waals surface area contributed by atoms with Crippen LogP contribution >= 0.6 is 11.6 Å². The summed E-state index contributed by atoms with van der Waals surface area (Å²) in [5, 5.41) is 18.2. The molecule has 1 heterocycles. The number of nitrogens with zero attached hydrogens (tertiary/aromatic N) is 2. The smallest absolute Gasteiger partial charge is 0.476 e. The van der Waals surface area contributed by atoms with Crippen LogP contribution in [0, 0.1) is 0 Å². The predicted molar refractivity (Wildman–Crippen MR) is 87.1 cm³/mol. The van der Waals surface area contributed by atoms with Crippen LogP contribution in [0.15, 0.2) is 18.2 Å². The highest BCUT2D eigenvalue weighted by atomic mass is 35.5. The quantitative estimate of drug-likeness (QED) is 0.775. The standard InChI is InChI=1S/C16H15ClF3N3O4/c17-11-7-9(3-6-12(11)27-16(18,19)20)8-1-4-10(5-2-8)26-14-13(15(24)25)21-23-22-14/h3,6-8,10H,1-2,4-5H2,(H,24,25)(H,21,22,23). The molecule has 1 saturated carbocycles. The molecule has 3 rings (SSSR count). The van der Waals surface area contributed by atoms with Gasteiger partial charge in [-0.3, -0.25) is 0 Å². The third-order valence-electron chi connectivity index (χ3n) is 4.34. The number of aromatic amines is 1. The molecule has 1 fully saturated rings. The van der Waals surface area contributed by atoms with Gasteiger partial charge < -0.3 is 14.6 Å². The number of aromatic carboxylic acids is 1. The number of hydrogen-bond donors (Lipinski definition) is 2. The number of carboxylic acid groups (broad SMARTS) is 1. The Labute approximate surface area is 156 Å². The number of rotatable bonds is 5. The van der Waals surface area contributed by atoms with E-state index in [1.54, 1.807) is 6.07 Å². The van der Waals surface area contributed by atoms with Crippen molar-refractivity contribution in [2.75, 3.05) is 0 Å². The molecule has 0 bridgehead atoms. The first kappa shape index (κ1) is 19.3. The summed E-state index contributed by atoms with van der Waals surface area (Å²) in [6.45, 7) is 0. The fourth-order valence-corrected chi connectivity index (χ4v) is 3.32. The number of nitrogens with one attached hydrogen (secondary N) is 1. The number of ether oxygens (including phenoxy) is 2. The van der Waals surface area contributed by atoms with Crippen LogP contribution in [0.3, 0.4) is 0 Å². The summed E-state index contributed by atoms with van der Waals surface area (Å²) in [4.78, 5) is 11.0. The van der Waals surface area contributed by atoms with E-state index in [9.17, 15) is 18.0 Å². The molecule has 27 heavy (non-hydrogen) atoms. The summed E-state index contributed by atoms with van der Waals surface area (Å²) >= 11 is 5.90. The Morgan fingerprint density at radius 2 is 1.96 bits per heavy atom. The Bertz CT molecular complexity index is 819. The number of H-pyrrole nitrogens is 1. The van der Waals surface area contributed by atoms with E-state index in [4.69, 9.17) is 21.4 Å². The molecule has 1 aromatic carbocycles. The summed E-state index contributed by atoms with van der Waals surface area (Å²) in [6, 6.07) is 4.26. The van der Waals surface area contributed by atoms with E-state index >= 15 is 0 Å². The lowest BCUT2D eigenvalue weighted by atomic mass is 9.83. The average Bonchev–Trinajstić information content (AvgIpc) is 3.05. The molecule has 2 aromatic rings. The molecule has 7 nitrogen and oxygen atoms in total. The summed E-state index contributed by atoms with van der Waals surface area (Å²) in [6.07, 6.45) is -2.32. The molecule has 0 unspecified atom stereocenters. The lowest BCUT2D eigenvalue weighted by Gasteiger charge is -2.28. The first-order valence-corrected chi connectivity index (χ1v) is 8.47. The van der Waals surface area contributed by atoms with Gasteiger partial charge in [-0.2, -0.15) is 0 Å². The fourth-order valence-electron chi connectivity index (χ4n) is 3.09. The van der Waals surface area contributed by atoms with Crippen LogP contribution in [0.5, 0.6) is 11.6 Å². The Balaban J connectivity index is 1.60. The molecule has 146 valence electrons. The maximum atomic E-state index is 12.3. The Morgan fingerprint density at radius 1 is 1.26 bits per heavy atom. The third kappa shape index (κ3) is 4.82. The van der Waals surface area contributed by atoms with Crippen LogP contribution in [0.25, 0.3) is 0 Å². The van der Waals surface area contributed by atoms with E-state index < -0.39 is 18.1 Å². The van der Waals surface area contributed by atoms with E-state index in [-0.39, 0.29) is 28.6 Å². The second-order valence-corrected chi connectivity index (χ2v) is 6.53. The molecule has 1 aromatic heterocycles. The van der Waals surface area contributed by atoms with Crippen molar-refractivity contribution in [1.29, 1.82) is 0 Å². The molecule has 0 saturated heterocycles. The largest absolute Gasteiger partial charge is 0.573 e. The molecule has 1 aliphatic carbocycles. The van der Waals surface area contributed by atoms with Crippen LogP contribution in [-0.4, -0.2) is 39.0 Å². The van der Waals surface area contributed by atoms with Gasteiger partial charge in [-0.05, 0) is 49.3 Å². The Morgan fingerprint density at radius 3 is 2.56 bits per heavy atom. The first-order valence-electron chi connectivity index (χ1n) is 8.09. The van der Waals surface area contributed by atoms with Crippen LogP contribution in [0.4, 0.5) is 13.2 Å². The predicted octanol–water partition coefficient (Wildman–Crippen LogP) is 4.16. The number of alkyl halides is 3. The maximum Gasteiger partial charge on any atom is 0.573 e. The topological polar surface area (TPSA) is 97.3 Å². The van der Waals surface area contributed by atoms with Gasteiger partial charge >= 0.3 is 12.3 Å². The van der Waals surface area contributed by atoms with Gasteiger partial charge in [0.1, 0.15) is 11.9 Å². The van der Waals surface area contributed by atoms with Crippen LogP contribution in [0.2, 0.25) is 5.02 Å². The van der Waals surface area contributed by atoms with Crippen molar-refractivity contribution in [3.05, 3.63) is 34.5 Å². The number of benzene rings is 1. The Hall–Kier alpha value is -2.49. The number of aromatic nitrogens is 3. The van der Waals surface area contributed by atoms with Crippen molar-refractivity contribution in [1.82, 2.24) is 15.4 Å². The third-order valence-corrected chi connectivity index (χ3v) is 4.63. The van der Waals surface area contributed by atoms with Gasteiger partial charge in [-0.25, -0.2) is 9.89 Å². The average molecular weight is 406 g/mol. The van der Waals surface area contributed by atoms with Crippen molar-refractivity contribution in [2.24, 2.45) is 0 Å². The minimum Gasteiger partial charge on any atom is -0.476 e. The second kappa shape index (κ2) is 7.63. The molecule has 0 atom stereocenters. The Kier molecular flexibility index (Phi) is 5.45. The van der Waals surface area contributed by atoms with Gasteiger partial charge in [-0.15, -0.1) is 13.2 Å². The molecule has 0 amide bonds. The van der Waals surface area contributed by atoms with E-state index in [1.165, 1.54) is 12.1 Å². The van der Waals surface area contributed by atoms with E-state index in [2.05, 4.69) is 20.1 Å². The highest BCUT2D eigenvalue weighted by Gasteiger charge is 2.32. The zero-order chi connectivity index (χ0) is 19.6. The summed E-state index contributed by atoms with van der Waals surface area (Å²) < 4.78 is 46.4. The monoisotopic (exact) mass is 405 g/mol. The number of carbonyl (C=O) groups is 1. The van der Waals surface area contributed by atoms with Gasteiger partial charge in [0.2, 0.25) is 5.69 Å². The van der Waals surface area contributed by atoms with Gasteiger partial charge in [0, 0.05) is 0 Å². The van der Waals surface area contributed by atoms with Crippen LogP contribution in [0.1, 0.15) is 47.7 Å². The second-order valence-electron chi connectivity index (χ2n) is 6.13. The van der Waals surface area contributed by atoms with E-state index in [1.807, 2.05) is 0 Å². The zero-order valence-corrected chi connectivity index (χ0v) is 14.5. The molecule has 11 heteroatoms. The molecule has 0 radical (unpaired) electrons. The van der Waals surface area contributed by atoms with E-state index in [0.717, 1.165) is 5.56 Å². The number of halogens is 4.